The first-order valence-corrected chi connectivity index (χ1v) is 12.6. The van der Waals surface area contributed by atoms with Gasteiger partial charge in [0.2, 0.25) is 0 Å². The number of carbonyl (C=O) groups is 2. The van der Waals surface area contributed by atoms with E-state index in [9.17, 15) is 14.7 Å². The molecule has 1 aromatic heterocycles. The maximum absolute atomic E-state index is 12.9. The van der Waals surface area contributed by atoms with Gasteiger partial charge in [-0.15, -0.1) is 0 Å². The lowest BCUT2D eigenvalue weighted by molar-refractivity contribution is -0.137. The maximum Gasteiger partial charge on any atom is 0.407 e. The van der Waals surface area contributed by atoms with E-state index in [1.807, 2.05) is 81.6 Å². The van der Waals surface area contributed by atoms with Crippen molar-refractivity contribution in [2.75, 3.05) is 26.2 Å². The molecule has 5 rings (SSSR count). The van der Waals surface area contributed by atoms with Gasteiger partial charge in [0.1, 0.15) is 5.75 Å². The standard InChI is InChI=1S/C29H31N5O4/c1-29(2,3)25-18-32(16-17-34(25)28(36)37)26(35)19-38-21-10-8-20(9-11-21)33-15-5-7-24(33)27-22(12-14-31-27)23-6-4-13-30-23/h4-15,25H,16-19H2,1-3H3,(H,36,37). The molecule has 3 aliphatic heterocycles. The van der Waals surface area contributed by atoms with Crippen LogP contribution in [0.1, 0.15) is 26.5 Å². The van der Waals surface area contributed by atoms with Crippen LogP contribution in [-0.4, -0.2) is 75.7 Å². The van der Waals surface area contributed by atoms with Gasteiger partial charge >= 0.3 is 6.09 Å². The van der Waals surface area contributed by atoms with Gasteiger partial charge < -0.3 is 24.2 Å². The predicted molar refractivity (Wildman–Crippen MR) is 146 cm³/mol. The molecule has 1 atom stereocenters. The van der Waals surface area contributed by atoms with E-state index in [-0.39, 0.29) is 24.0 Å². The van der Waals surface area contributed by atoms with Crippen LogP contribution in [-0.2, 0) is 4.79 Å². The minimum Gasteiger partial charge on any atom is -0.484 e. The highest BCUT2D eigenvalue weighted by atomic mass is 16.5. The van der Waals surface area contributed by atoms with Crippen molar-refractivity contribution < 1.29 is 19.4 Å². The number of hydrogen-bond acceptors (Lipinski definition) is 5. The summed E-state index contributed by atoms with van der Waals surface area (Å²) < 4.78 is 7.86. The molecule has 38 heavy (non-hydrogen) atoms. The minimum atomic E-state index is -0.952. The molecule has 1 N–H and O–H groups in total. The number of hydrogen-bond donors (Lipinski definition) is 1. The molecule has 2 amide bonds. The van der Waals surface area contributed by atoms with Crippen LogP contribution in [0.15, 0.2) is 88.3 Å². The Hall–Kier alpha value is -4.40. The number of carbonyl (C=O) groups excluding carboxylic acids is 1. The number of amides is 2. The number of ether oxygens (including phenoxy) is 1. The van der Waals surface area contributed by atoms with Crippen LogP contribution in [0.3, 0.4) is 0 Å². The second-order valence-corrected chi connectivity index (χ2v) is 10.5. The third-order valence-corrected chi connectivity index (χ3v) is 6.98. The molecular formula is C29H31N5O4. The average molecular weight is 514 g/mol. The van der Waals surface area contributed by atoms with Crippen molar-refractivity contribution in [1.29, 1.82) is 0 Å². The SMILES string of the molecule is CC(C)(C)C1CN(C(=O)COc2ccc(-n3cccc3C3=NC=CC3=C3C=CC=N3)cc2)CCN1C(=O)O. The summed E-state index contributed by atoms with van der Waals surface area (Å²) in [5.74, 6) is 0.428. The Kier molecular flexibility index (Phi) is 6.75. The lowest BCUT2D eigenvalue weighted by atomic mass is 9.84. The van der Waals surface area contributed by atoms with E-state index < -0.39 is 6.09 Å². The molecule has 3 aliphatic rings. The molecule has 9 nitrogen and oxygen atoms in total. The van der Waals surface area contributed by atoms with E-state index in [0.29, 0.717) is 25.4 Å². The van der Waals surface area contributed by atoms with Crippen LogP contribution < -0.4 is 4.74 Å². The van der Waals surface area contributed by atoms with Crippen molar-refractivity contribution in [2.45, 2.75) is 26.8 Å². The smallest absolute Gasteiger partial charge is 0.407 e. The molecule has 1 aromatic carbocycles. The van der Waals surface area contributed by atoms with Gasteiger partial charge in [-0.1, -0.05) is 20.8 Å². The van der Waals surface area contributed by atoms with Crippen molar-refractivity contribution in [3.8, 4) is 11.4 Å². The summed E-state index contributed by atoms with van der Waals surface area (Å²) in [6, 6.07) is 11.3. The third kappa shape index (κ3) is 5.04. The normalized spacial score (nSPS) is 20.8. The van der Waals surface area contributed by atoms with Crippen molar-refractivity contribution in [2.24, 2.45) is 15.4 Å². The Bertz CT molecular complexity index is 1370. The van der Waals surface area contributed by atoms with E-state index in [1.54, 1.807) is 17.3 Å². The fraction of sp³-hybridized carbons (Fsp3) is 0.310. The highest BCUT2D eigenvalue weighted by molar-refractivity contribution is 6.16. The molecule has 0 spiro atoms. The number of aliphatic imine (C=N–C) groups is 2. The summed E-state index contributed by atoms with van der Waals surface area (Å²) >= 11 is 0. The molecule has 1 fully saturated rings. The van der Waals surface area contributed by atoms with Crippen LogP contribution in [0.25, 0.3) is 5.69 Å². The first-order chi connectivity index (χ1) is 18.2. The zero-order chi connectivity index (χ0) is 26.9. The van der Waals surface area contributed by atoms with Gasteiger partial charge in [-0.05, 0) is 60.0 Å². The van der Waals surface area contributed by atoms with E-state index in [0.717, 1.165) is 28.4 Å². The zero-order valence-electron chi connectivity index (χ0n) is 21.7. The van der Waals surface area contributed by atoms with Gasteiger partial charge in [-0.2, -0.15) is 0 Å². The number of nitrogens with zero attached hydrogens (tertiary/aromatic N) is 5. The molecule has 196 valence electrons. The quantitative estimate of drug-likeness (QED) is 0.644. The van der Waals surface area contributed by atoms with E-state index in [2.05, 4.69) is 14.6 Å². The molecule has 1 saturated heterocycles. The fourth-order valence-electron chi connectivity index (χ4n) is 4.92. The summed E-state index contributed by atoms with van der Waals surface area (Å²) in [7, 11) is 0. The van der Waals surface area contributed by atoms with E-state index in [1.165, 1.54) is 4.90 Å². The molecule has 9 heteroatoms. The number of carboxylic acid groups (broad SMARTS) is 1. The van der Waals surface area contributed by atoms with E-state index in [4.69, 9.17) is 4.74 Å². The summed E-state index contributed by atoms with van der Waals surface area (Å²) in [6.07, 6.45) is 10.4. The second-order valence-electron chi connectivity index (χ2n) is 10.5. The number of benzene rings is 1. The Morgan fingerprint density at radius 2 is 1.89 bits per heavy atom. The number of piperazine rings is 1. The van der Waals surface area contributed by atoms with Gasteiger partial charge in [0.05, 0.1) is 23.1 Å². The highest BCUT2D eigenvalue weighted by Crippen LogP contribution is 2.29. The second kappa shape index (κ2) is 10.2. The highest BCUT2D eigenvalue weighted by Gasteiger charge is 2.39. The summed E-state index contributed by atoms with van der Waals surface area (Å²) in [6.45, 7) is 6.86. The summed E-state index contributed by atoms with van der Waals surface area (Å²) in [5.41, 5.74) is 4.32. The van der Waals surface area contributed by atoms with Crippen LogP contribution in [0.5, 0.6) is 5.75 Å². The topological polar surface area (TPSA) is 99.7 Å². The maximum atomic E-state index is 12.9. The lowest BCUT2D eigenvalue weighted by Gasteiger charge is -2.45. The van der Waals surface area contributed by atoms with Gasteiger partial charge in [-0.25, -0.2) is 4.79 Å². The zero-order valence-corrected chi connectivity index (χ0v) is 21.7. The molecule has 0 aliphatic carbocycles. The Balaban J connectivity index is 1.24. The molecular weight excluding hydrogens is 482 g/mol. The number of allylic oxidation sites excluding steroid dienone is 4. The fourth-order valence-corrected chi connectivity index (χ4v) is 4.92. The monoisotopic (exact) mass is 513 g/mol. The van der Waals surface area contributed by atoms with Crippen LogP contribution in [0.4, 0.5) is 4.79 Å². The molecule has 2 aromatic rings. The molecule has 0 radical (unpaired) electrons. The van der Waals surface area contributed by atoms with Gasteiger partial charge in [-0.3, -0.25) is 14.8 Å². The number of rotatable bonds is 5. The van der Waals surface area contributed by atoms with Gasteiger partial charge in [0.15, 0.2) is 6.61 Å². The Morgan fingerprint density at radius 3 is 2.58 bits per heavy atom. The first kappa shape index (κ1) is 25.3. The molecule has 4 heterocycles. The Labute approximate surface area is 221 Å². The van der Waals surface area contributed by atoms with Crippen LogP contribution in [0.2, 0.25) is 0 Å². The largest absolute Gasteiger partial charge is 0.484 e. The molecule has 1 unspecified atom stereocenters. The Morgan fingerprint density at radius 1 is 1.11 bits per heavy atom. The first-order valence-electron chi connectivity index (χ1n) is 12.6. The van der Waals surface area contributed by atoms with Crippen molar-refractivity contribution in [3.05, 3.63) is 84.0 Å². The van der Waals surface area contributed by atoms with Gasteiger partial charge in [0.25, 0.3) is 5.91 Å². The van der Waals surface area contributed by atoms with Crippen molar-refractivity contribution in [1.82, 2.24) is 14.4 Å². The summed E-state index contributed by atoms with van der Waals surface area (Å²) in [4.78, 5) is 36.7. The minimum absolute atomic E-state index is 0.106. The summed E-state index contributed by atoms with van der Waals surface area (Å²) in [5, 5.41) is 9.56. The molecule has 0 saturated carbocycles. The van der Waals surface area contributed by atoms with E-state index >= 15 is 0 Å². The molecule has 0 bridgehead atoms. The van der Waals surface area contributed by atoms with Gasteiger partial charge in [0, 0.05) is 49.5 Å². The van der Waals surface area contributed by atoms with Crippen molar-refractivity contribution >= 4 is 23.9 Å². The lowest BCUT2D eigenvalue weighted by Crippen LogP contribution is -2.60. The average Bonchev–Trinajstić information content (AvgIpc) is 3.67. The van der Waals surface area contributed by atoms with Crippen molar-refractivity contribution in [3.63, 3.8) is 0 Å². The van der Waals surface area contributed by atoms with Crippen LogP contribution >= 0.6 is 0 Å². The predicted octanol–water partition coefficient (Wildman–Crippen LogP) is 4.30. The third-order valence-electron chi connectivity index (χ3n) is 6.98. The van der Waals surface area contributed by atoms with Crippen LogP contribution in [0, 0.1) is 5.41 Å². The number of aromatic nitrogens is 1.